The highest BCUT2D eigenvalue weighted by Gasteiger charge is 2.33. The molecule has 124 valence electrons. The molecule has 0 saturated carbocycles. The monoisotopic (exact) mass is 331 g/mol. The van der Waals surface area contributed by atoms with Gasteiger partial charge in [-0.15, -0.1) is 0 Å². The van der Waals surface area contributed by atoms with Crippen LogP contribution < -0.4 is 0 Å². The minimum Gasteiger partial charge on any atom is -0.386 e. The molecule has 2 aromatic heterocycles. The van der Waals surface area contributed by atoms with Gasteiger partial charge in [-0.2, -0.15) is 0 Å². The van der Waals surface area contributed by atoms with E-state index in [9.17, 15) is 13.9 Å². The molecule has 0 amide bonds. The van der Waals surface area contributed by atoms with Gasteiger partial charge in [0.25, 0.3) is 0 Å². The highest BCUT2D eigenvalue weighted by Crippen LogP contribution is 2.36. The van der Waals surface area contributed by atoms with Crippen LogP contribution in [0.4, 0.5) is 8.78 Å². The first-order valence-corrected chi connectivity index (χ1v) is 7.68. The summed E-state index contributed by atoms with van der Waals surface area (Å²) in [5, 5.41) is 11.3. The molecule has 3 heterocycles. The summed E-state index contributed by atoms with van der Waals surface area (Å²) in [7, 11) is 0. The Morgan fingerprint density at radius 1 is 1.21 bits per heavy atom. The number of benzene rings is 1. The first-order valence-electron chi connectivity index (χ1n) is 7.68. The van der Waals surface area contributed by atoms with Gasteiger partial charge < -0.3 is 14.4 Å². The molecule has 7 heteroatoms. The van der Waals surface area contributed by atoms with Crippen LogP contribution in [-0.4, -0.2) is 25.7 Å². The van der Waals surface area contributed by atoms with E-state index in [0.717, 1.165) is 23.2 Å². The number of hydrogen-bond donors (Lipinski definition) is 1. The van der Waals surface area contributed by atoms with Gasteiger partial charge in [-0.3, -0.25) is 0 Å². The Morgan fingerprint density at radius 2 is 2.08 bits per heavy atom. The van der Waals surface area contributed by atoms with Crippen LogP contribution in [0.1, 0.15) is 30.7 Å². The Morgan fingerprint density at radius 3 is 2.92 bits per heavy atom. The molecular weight excluding hydrogens is 316 g/mol. The summed E-state index contributed by atoms with van der Waals surface area (Å²) in [4.78, 5) is 8.23. The molecule has 24 heavy (non-hydrogen) atoms. The average molecular weight is 331 g/mol. The minimum absolute atomic E-state index is 0.262. The summed E-state index contributed by atoms with van der Waals surface area (Å²) in [6, 6.07) is 5.29. The predicted molar refractivity (Wildman–Crippen MR) is 82.0 cm³/mol. The van der Waals surface area contributed by atoms with Crippen molar-refractivity contribution in [2.45, 2.75) is 31.3 Å². The Labute approximate surface area is 136 Å². The Hall–Kier alpha value is -2.38. The number of halogens is 2. The van der Waals surface area contributed by atoms with Crippen LogP contribution in [-0.2, 0) is 4.74 Å². The lowest BCUT2D eigenvalue weighted by Crippen LogP contribution is -2.19. The van der Waals surface area contributed by atoms with Crippen LogP contribution >= 0.6 is 0 Å². The van der Waals surface area contributed by atoms with Crippen LogP contribution in [0.2, 0.25) is 0 Å². The van der Waals surface area contributed by atoms with Gasteiger partial charge in [0.05, 0.1) is 6.10 Å². The lowest BCUT2D eigenvalue weighted by Gasteiger charge is -2.20. The zero-order chi connectivity index (χ0) is 16.7. The summed E-state index contributed by atoms with van der Waals surface area (Å²) in [6.07, 6.45) is 4.61. The standard InChI is InChI=1S/C17H15F2N3O2/c18-12-2-1-10(7-13(12)19)16(23)14-3-4-15(24-14)22-6-5-11-8-20-9-21-17(11)22/h1-2,5-9,14-16,23H,3-4H2. The van der Waals surface area contributed by atoms with Gasteiger partial charge in [0.2, 0.25) is 0 Å². The zero-order valence-electron chi connectivity index (χ0n) is 12.6. The summed E-state index contributed by atoms with van der Waals surface area (Å²) in [5.41, 5.74) is 1.07. The number of aromatic nitrogens is 3. The van der Waals surface area contributed by atoms with Crippen molar-refractivity contribution in [3.63, 3.8) is 0 Å². The van der Waals surface area contributed by atoms with E-state index >= 15 is 0 Å². The lowest BCUT2D eigenvalue weighted by molar-refractivity contribution is -0.0591. The Balaban J connectivity index is 1.54. The first-order chi connectivity index (χ1) is 11.6. The number of hydrogen-bond acceptors (Lipinski definition) is 4. The molecule has 0 bridgehead atoms. The number of fused-ring (bicyclic) bond motifs is 1. The lowest BCUT2D eigenvalue weighted by atomic mass is 10.0. The van der Waals surface area contributed by atoms with Gasteiger partial charge in [-0.05, 0) is 36.6 Å². The molecule has 3 aromatic rings. The normalized spacial score (nSPS) is 22.1. The quantitative estimate of drug-likeness (QED) is 0.801. The van der Waals surface area contributed by atoms with Crippen molar-refractivity contribution in [1.82, 2.24) is 14.5 Å². The Kier molecular flexibility index (Phi) is 3.74. The van der Waals surface area contributed by atoms with E-state index in [4.69, 9.17) is 4.74 Å². The predicted octanol–water partition coefficient (Wildman–Crippen LogP) is 3.12. The van der Waals surface area contributed by atoms with E-state index < -0.39 is 23.8 Å². The molecule has 1 saturated heterocycles. The molecule has 1 aliphatic rings. The van der Waals surface area contributed by atoms with Crippen LogP contribution in [0.15, 0.2) is 43.0 Å². The fourth-order valence-corrected chi connectivity index (χ4v) is 3.12. The van der Waals surface area contributed by atoms with E-state index in [1.807, 2.05) is 16.8 Å². The number of rotatable bonds is 3. The molecule has 3 atom stereocenters. The van der Waals surface area contributed by atoms with Crippen molar-refractivity contribution in [1.29, 1.82) is 0 Å². The van der Waals surface area contributed by atoms with Gasteiger partial charge in [-0.1, -0.05) is 6.07 Å². The molecule has 0 spiro atoms. The van der Waals surface area contributed by atoms with Gasteiger partial charge in [0.15, 0.2) is 11.6 Å². The van der Waals surface area contributed by atoms with Crippen LogP contribution in [0.25, 0.3) is 11.0 Å². The van der Waals surface area contributed by atoms with Crippen LogP contribution in [0.5, 0.6) is 0 Å². The third kappa shape index (κ3) is 2.55. The summed E-state index contributed by atoms with van der Waals surface area (Å²) >= 11 is 0. The molecule has 1 aromatic carbocycles. The SMILES string of the molecule is OC(c1ccc(F)c(F)c1)C1CCC(n2ccc3cncnc32)O1. The second kappa shape index (κ2) is 5.92. The van der Waals surface area contributed by atoms with E-state index in [0.29, 0.717) is 18.4 Å². The molecule has 3 unspecified atom stereocenters. The highest BCUT2D eigenvalue weighted by atomic mass is 19.2. The zero-order valence-corrected chi connectivity index (χ0v) is 12.6. The smallest absolute Gasteiger partial charge is 0.159 e. The molecular formula is C17H15F2N3O2. The van der Waals surface area contributed by atoms with Crippen molar-refractivity contribution in [3.05, 3.63) is 60.2 Å². The number of ether oxygens (including phenoxy) is 1. The van der Waals surface area contributed by atoms with Gasteiger partial charge in [-0.25, -0.2) is 18.7 Å². The van der Waals surface area contributed by atoms with E-state index in [-0.39, 0.29) is 6.23 Å². The Bertz CT molecular complexity index is 883. The third-order valence-electron chi connectivity index (χ3n) is 4.36. The minimum atomic E-state index is -1.01. The van der Waals surface area contributed by atoms with Gasteiger partial charge in [0, 0.05) is 17.8 Å². The van der Waals surface area contributed by atoms with E-state index in [1.165, 1.54) is 12.4 Å². The molecule has 0 aliphatic carbocycles. The maximum Gasteiger partial charge on any atom is 0.159 e. The topological polar surface area (TPSA) is 60.2 Å². The second-order valence-electron chi connectivity index (χ2n) is 5.85. The molecule has 1 fully saturated rings. The van der Waals surface area contributed by atoms with Crippen LogP contribution in [0.3, 0.4) is 0 Å². The van der Waals surface area contributed by atoms with Crippen molar-refractivity contribution in [2.24, 2.45) is 0 Å². The number of aliphatic hydroxyl groups excluding tert-OH is 1. The summed E-state index contributed by atoms with van der Waals surface area (Å²) in [6.45, 7) is 0. The maximum atomic E-state index is 13.4. The first kappa shape index (κ1) is 15.2. The van der Waals surface area contributed by atoms with Gasteiger partial charge >= 0.3 is 0 Å². The van der Waals surface area contributed by atoms with Crippen LogP contribution in [0, 0.1) is 11.6 Å². The fourth-order valence-electron chi connectivity index (χ4n) is 3.12. The maximum absolute atomic E-state index is 13.4. The second-order valence-corrected chi connectivity index (χ2v) is 5.85. The highest BCUT2D eigenvalue weighted by molar-refractivity contribution is 5.74. The summed E-state index contributed by atoms with van der Waals surface area (Å²) in [5.74, 6) is -1.91. The molecule has 4 rings (SSSR count). The third-order valence-corrected chi connectivity index (χ3v) is 4.36. The number of aliphatic hydroxyl groups is 1. The molecule has 1 aliphatic heterocycles. The fraction of sp³-hybridized carbons (Fsp3) is 0.294. The molecule has 1 N–H and O–H groups in total. The van der Waals surface area contributed by atoms with Crippen molar-refractivity contribution in [2.75, 3.05) is 0 Å². The summed E-state index contributed by atoms with van der Waals surface area (Å²) < 4.78 is 34.2. The average Bonchev–Trinajstić information content (AvgIpc) is 3.23. The van der Waals surface area contributed by atoms with Gasteiger partial charge in [0.1, 0.15) is 24.3 Å². The molecule has 0 radical (unpaired) electrons. The van der Waals surface area contributed by atoms with E-state index in [1.54, 1.807) is 6.20 Å². The van der Waals surface area contributed by atoms with Crippen molar-refractivity contribution >= 4 is 11.0 Å². The van der Waals surface area contributed by atoms with E-state index in [2.05, 4.69) is 9.97 Å². The van der Waals surface area contributed by atoms with Crippen molar-refractivity contribution < 1.29 is 18.6 Å². The van der Waals surface area contributed by atoms with Crippen molar-refractivity contribution in [3.8, 4) is 0 Å². The number of nitrogens with zero attached hydrogens (tertiary/aromatic N) is 3. The molecule has 5 nitrogen and oxygen atoms in total. The largest absolute Gasteiger partial charge is 0.386 e.